The summed E-state index contributed by atoms with van der Waals surface area (Å²) in [5.74, 6) is 0. The molecule has 1 atom stereocenters. The number of hydrogen-bond donors (Lipinski definition) is 1. The zero-order valence-corrected chi connectivity index (χ0v) is 10.8. The van der Waals surface area contributed by atoms with E-state index in [0.717, 1.165) is 13.0 Å². The lowest BCUT2D eigenvalue weighted by Gasteiger charge is -2.26. The van der Waals surface area contributed by atoms with Gasteiger partial charge in [-0.1, -0.05) is 46.0 Å². The average Bonchev–Trinajstić information content (AvgIpc) is 2.27. The molecule has 0 aliphatic rings. The molecule has 0 saturated carbocycles. The molecule has 15 heavy (non-hydrogen) atoms. The van der Waals surface area contributed by atoms with Crippen molar-refractivity contribution in [2.75, 3.05) is 13.2 Å². The summed E-state index contributed by atoms with van der Waals surface area (Å²) in [4.78, 5) is 0. The van der Waals surface area contributed by atoms with E-state index < -0.39 is 0 Å². The molecule has 0 aliphatic heterocycles. The third kappa shape index (κ3) is 7.80. The van der Waals surface area contributed by atoms with Crippen LogP contribution in [0.25, 0.3) is 0 Å². The standard InChI is InChI=1S/C13H29NO/c1-4-6-7-8-9-10-11-15-13(3,5-2)12-14/h4-12,14H2,1-3H3. The SMILES string of the molecule is CCCCCCCCOC(C)(CC)CN. The van der Waals surface area contributed by atoms with Crippen LogP contribution < -0.4 is 5.73 Å². The summed E-state index contributed by atoms with van der Waals surface area (Å²) in [7, 11) is 0. The number of unbranched alkanes of at least 4 members (excludes halogenated alkanes) is 5. The summed E-state index contributed by atoms with van der Waals surface area (Å²) >= 11 is 0. The van der Waals surface area contributed by atoms with E-state index in [-0.39, 0.29) is 5.60 Å². The highest BCUT2D eigenvalue weighted by atomic mass is 16.5. The van der Waals surface area contributed by atoms with Crippen LogP contribution in [0.2, 0.25) is 0 Å². The Balaban J connectivity index is 3.29. The van der Waals surface area contributed by atoms with E-state index in [9.17, 15) is 0 Å². The fourth-order valence-corrected chi connectivity index (χ4v) is 1.51. The molecule has 2 heteroatoms. The van der Waals surface area contributed by atoms with Gasteiger partial charge in [0, 0.05) is 13.2 Å². The zero-order chi connectivity index (χ0) is 11.6. The molecule has 0 aliphatic carbocycles. The van der Waals surface area contributed by atoms with E-state index in [1.165, 1.54) is 38.5 Å². The largest absolute Gasteiger partial charge is 0.374 e. The van der Waals surface area contributed by atoms with Crippen LogP contribution in [-0.4, -0.2) is 18.8 Å². The van der Waals surface area contributed by atoms with E-state index in [0.29, 0.717) is 6.54 Å². The van der Waals surface area contributed by atoms with Crippen molar-refractivity contribution in [2.45, 2.75) is 71.3 Å². The molecule has 0 fully saturated rings. The smallest absolute Gasteiger partial charge is 0.0773 e. The lowest BCUT2D eigenvalue weighted by atomic mass is 10.0. The van der Waals surface area contributed by atoms with Gasteiger partial charge in [0.25, 0.3) is 0 Å². The van der Waals surface area contributed by atoms with E-state index in [1.54, 1.807) is 0 Å². The number of nitrogens with two attached hydrogens (primary N) is 1. The highest BCUT2D eigenvalue weighted by Crippen LogP contribution is 2.14. The molecule has 0 aromatic carbocycles. The van der Waals surface area contributed by atoms with Crippen LogP contribution in [0, 0.1) is 0 Å². The van der Waals surface area contributed by atoms with Gasteiger partial charge in [-0.15, -0.1) is 0 Å². The summed E-state index contributed by atoms with van der Waals surface area (Å²) in [6, 6.07) is 0. The molecule has 0 heterocycles. The Hall–Kier alpha value is -0.0800. The van der Waals surface area contributed by atoms with Crippen molar-refractivity contribution in [3.63, 3.8) is 0 Å². The third-order valence-electron chi connectivity index (χ3n) is 3.13. The first-order valence-electron chi connectivity index (χ1n) is 6.52. The predicted molar refractivity (Wildman–Crippen MR) is 67.1 cm³/mol. The fraction of sp³-hybridized carbons (Fsp3) is 1.00. The molecule has 0 spiro atoms. The summed E-state index contributed by atoms with van der Waals surface area (Å²) in [6.07, 6.45) is 8.89. The van der Waals surface area contributed by atoms with Gasteiger partial charge in [-0.05, 0) is 19.8 Å². The van der Waals surface area contributed by atoms with Gasteiger partial charge in [-0.2, -0.15) is 0 Å². The molecule has 0 amide bonds. The van der Waals surface area contributed by atoms with Crippen LogP contribution in [0.3, 0.4) is 0 Å². The van der Waals surface area contributed by atoms with Crippen molar-refractivity contribution >= 4 is 0 Å². The van der Waals surface area contributed by atoms with Crippen molar-refractivity contribution in [1.29, 1.82) is 0 Å². The molecule has 0 radical (unpaired) electrons. The minimum absolute atomic E-state index is 0.0938. The molecule has 0 aromatic heterocycles. The third-order valence-corrected chi connectivity index (χ3v) is 3.13. The van der Waals surface area contributed by atoms with E-state index >= 15 is 0 Å². The van der Waals surface area contributed by atoms with Gasteiger partial charge in [-0.25, -0.2) is 0 Å². The lowest BCUT2D eigenvalue weighted by Crippen LogP contribution is -2.37. The molecule has 1 unspecified atom stereocenters. The van der Waals surface area contributed by atoms with Gasteiger partial charge in [-0.3, -0.25) is 0 Å². The maximum atomic E-state index is 5.81. The molecule has 0 rings (SSSR count). The maximum Gasteiger partial charge on any atom is 0.0773 e. The summed E-state index contributed by atoms with van der Waals surface area (Å²) in [6.45, 7) is 7.97. The van der Waals surface area contributed by atoms with E-state index in [1.807, 2.05) is 0 Å². The minimum Gasteiger partial charge on any atom is -0.374 e. The van der Waals surface area contributed by atoms with Gasteiger partial charge in [0.15, 0.2) is 0 Å². The van der Waals surface area contributed by atoms with Crippen LogP contribution in [0.15, 0.2) is 0 Å². The first-order valence-corrected chi connectivity index (χ1v) is 6.52. The fourth-order valence-electron chi connectivity index (χ4n) is 1.51. The molecular formula is C13H29NO. The van der Waals surface area contributed by atoms with Crippen LogP contribution in [-0.2, 0) is 4.74 Å². The van der Waals surface area contributed by atoms with Crippen molar-refractivity contribution in [3.05, 3.63) is 0 Å². The highest BCUT2D eigenvalue weighted by molar-refractivity contribution is 4.73. The van der Waals surface area contributed by atoms with Crippen LogP contribution in [0.1, 0.15) is 65.7 Å². The average molecular weight is 215 g/mol. The quantitative estimate of drug-likeness (QED) is 0.566. The Morgan fingerprint density at radius 3 is 2.13 bits per heavy atom. The predicted octanol–water partition coefficient (Wildman–Crippen LogP) is 3.49. The van der Waals surface area contributed by atoms with Crippen molar-refractivity contribution in [1.82, 2.24) is 0 Å². The van der Waals surface area contributed by atoms with E-state index in [2.05, 4.69) is 20.8 Å². The Morgan fingerprint density at radius 2 is 1.60 bits per heavy atom. The summed E-state index contributed by atoms with van der Waals surface area (Å²) in [5, 5.41) is 0. The van der Waals surface area contributed by atoms with Crippen LogP contribution in [0.4, 0.5) is 0 Å². The van der Waals surface area contributed by atoms with Crippen molar-refractivity contribution < 1.29 is 4.74 Å². The number of hydrogen-bond acceptors (Lipinski definition) is 2. The Morgan fingerprint density at radius 1 is 1.00 bits per heavy atom. The van der Waals surface area contributed by atoms with E-state index in [4.69, 9.17) is 10.5 Å². The molecule has 0 saturated heterocycles. The maximum absolute atomic E-state index is 5.81. The van der Waals surface area contributed by atoms with Crippen molar-refractivity contribution in [2.24, 2.45) is 5.73 Å². The van der Waals surface area contributed by atoms with Crippen molar-refractivity contribution in [3.8, 4) is 0 Å². The van der Waals surface area contributed by atoms with Gasteiger partial charge in [0.1, 0.15) is 0 Å². The normalized spacial score (nSPS) is 15.2. The zero-order valence-electron chi connectivity index (χ0n) is 10.8. The van der Waals surface area contributed by atoms with Gasteiger partial charge >= 0.3 is 0 Å². The topological polar surface area (TPSA) is 35.2 Å². The number of ether oxygens (including phenoxy) is 1. The molecule has 92 valence electrons. The molecule has 2 N–H and O–H groups in total. The molecule has 2 nitrogen and oxygen atoms in total. The number of rotatable bonds is 10. The first kappa shape index (κ1) is 14.9. The minimum atomic E-state index is -0.0938. The van der Waals surface area contributed by atoms with Crippen LogP contribution >= 0.6 is 0 Å². The van der Waals surface area contributed by atoms with Gasteiger partial charge in [0.2, 0.25) is 0 Å². The molecular weight excluding hydrogens is 186 g/mol. The first-order chi connectivity index (χ1) is 7.18. The lowest BCUT2D eigenvalue weighted by molar-refractivity contribution is -0.0289. The summed E-state index contributed by atoms with van der Waals surface area (Å²) < 4.78 is 5.81. The second-order valence-electron chi connectivity index (χ2n) is 4.62. The highest BCUT2D eigenvalue weighted by Gasteiger charge is 2.19. The molecule has 0 bridgehead atoms. The summed E-state index contributed by atoms with van der Waals surface area (Å²) in [5.41, 5.74) is 5.58. The monoisotopic (exact) mass is 215 g/mol. The Bertz CT molecular complexity index is 132. The second kappa shape index (κ2) is 9.17. The molecule has 0 aromatic rings. The van der Waals surface area contributed by atoms with Crippen LogP contribution in [0.5, 0.6) is 0 Å². The van der Waals surface area contributed by atoms with Gasteiger partial charge in [0.05, 0.1) is 5.60 Å². The van der Waals surface area contributed by atoms with Gasteiger partial charge < -0.3 is 10.5 Å². The second-order valence-corrected chi connectivity index (χ2v) is 4.62. The Kier molecular flexibility index (Phi) is 9.12. The Labute approximate surface area is 95.6 Å².